The van der Waals surface area contributed by atoms with Crippen molar-refractivity contribution in [1.29, 1.82) is 0 Å². The number of hydrogen-bond acceptors (Lipinski definition) is 2. The molecule has 0 spiro atoms. The predicted molar refractivity (Wildman–Crippen MR) is 110 cm³/mol. The van der Waals surface area contributed by atoms with E-state index in [0.29, 0.717) is 12.1 Å². The van der Waals surface area contributed by atoms with Crippen LogP contribution in [0.1, 0.15) is 61.6 Å². The molecule has 2 rings (SSSR count). The zero-order chi connectivity index (χ0) is 19.9. The number of hydrogen-bond donors (Lipinski definition) is 2. The molecule has 4 nitrogen and oxygen atoms in total. The molecule has 0 saturated heterocycles. The number of rotatable bonds is 7. The van der Waals surface area contributed by atoms with E-state index in [9.17, 15) is 9.59 Å². The van der Waals surface area contributed by atoms with Gasteiger partial charge in [0.15, 0.2) is 0 Å². The maximum absolute atomic E-state index is 12.8. The molecule has 4 heteroatoms. The van der Waals surface area contributed by atoms with Gasteiger partial charge in [-0.05, 0) is 41.5 Å². The minimum Gasteiger partial charge on any atom is -0.356 e. The van der Waals surface area contributed by atoms with Gasteiger partial charge < -0.3 is 10.6 Å². The lowest BCUT2D eigenvalue weighted by molar-refractivity contribution is -0.118. The van der Waals surface area contributed by atoms with E-state index < -0.39 is 0 Å². The Bertz CT molecular complexity index is 746. The zero-order valence-electron chi connectivity index (χ0n) is 16.7. The van der Waals surface area contributed by atoms with Gasteiger partial charge in [-0.25, -0.2) is 0 Å². The van der Waals surface area contributed by atoms with Crippen LogP contribution in [0.2, 0.25) is 0 Å². The van der Waals surface area contributed by atoms with Crippen LogP contribution in [0.3, 0.4) is 0 Å². The first kappa shape index (κ1) is 20.7. The number of carbonyl (C=O) groups is 2. The van der Waals surface area contributed by atoms with Crippen LogP contribution in [-0.4, -0.2) is 18.4 Å². The smallest absolute Gasteiger partial charge is 0.251 e. The minimum atomic E-state index is -0.0680. The average Bonchev–Trinajstić information content (AvgIpc) is 2.61. The molecule has 0 saturated carbocycles. The standard InChI is InChI=1S/C23H30N2O2/c1-17(26)24-15-14-18-10-12-20(13-11-18)22(27)25-21(16-23(2,3)4)19-8-6-5-7-9-19/h5-13,21H,14-16H2,1-4H3,(H,24,26)(H,25,27). The van der Waals surface area contributed by atoms with Crippen molar-refractivity contribution in [2.24, 2.45) is 5.41 Å². The summed E-state index contributed by atoms with van der Waals surface area (Å²) in [6.45, 7) is 8.65. The van der Waals surface area contributed by atoms with E-state index >= 15 is 0 Å². The molecule has 27 heavy (non-hydrogen) atoms. The fourth-order valence-electron chi connectivity index (χ4n) is 3.00. The third-order valence-corrected chi connectivity index (χ3v) is 4.33. The van der Waals surface area contributed by atoms with Crippen LogP contribution in [-0.2, 0) is 11.2 Å². The highest BCUT2D eigenvalue weighted by molar-refractivity contribution is 5.94. The van der Waals surface area contributed by atoms with Gasteiger partial charge in [0.25, 0.3) is 5.91 Å². The van der Waals surface area contributed by atoms with Crippen molar-refractivity contribution in [1.82, 2.24) is 10.6 Å². The van der Waals surface area contributed by atoms with Crippen molar-refractivity contribution in [3.8, 4) is 0 Å². The van der Waals surface area contributed by atoms with Gasteiger partial charge in [0.2, 0.25) is 5.91 Å². The lowest BCUT2D eigenvalue weighted by Crippen LogP contribution is -2.31. The Morgan fingerprint density at radius 3 is 2.15 bits per heavy atom. The molecule has 0 radical (unpaired) electrons. The molecule has 1 unspecified atom stereocenters. The van der Waals surface area contributed by atoms with Crippen LogP contribution in [0, 0.1) is 5.41 Å². The molecule has 2 aromatic carbocycles. The van der Waals surface area contributed by atoms with Gasteiger partial charge in [0.05, 0.1) is 6.04 Å². The molecule has 0 bridgehead atoms. The number of amides is 2. The van der Waals surface area contributed by atoms with Crippen molar-refractivity contribution in [3.05, 3.63) is 71.3 Å². The molecule has 0 aliphatic rings. The van der Waals surface area contributed by atoms with Crippen LogP contribution in [0.5, 0.6) is 0 Å². The maximum Gasteiger partial charge on any atom is 0.251 e. The zero-order valence-corrected chi connectivity index (χ0v) is 16.7. The monoisotopic (exact) mass is 366 g/mol. The lowest BCUT2D eigenvalue weighted by Gasteiger charge is -2.27. The second-order valence-electron chi connectivity index (χ2n) is 8.13. The first-order valence-electron chi connectivity index (χ1n) is 9.44. The van der Waals surface area contributed by atoms with Gasteiger partial charge >= 0.3 is 0 Å². The van der Waals surface area contributed by atoms with Gasteiger partial charge in [-0.1, -0.05) is 63.2 Å². The van der Waals surface area contributed by atoms with Crippen molar-refractivity contribution in [2.75, 3.05) is 6.54 Å². The van der Waals surface area contributed by atoms with E-state index in [1.807, 2.05) is 42.5 Å². The van der Waals surface area contributed by atoms with Crippen LogP contribution in [0.15, 0.2) is 54.6 Å². The van der Waals surface area contributed by atoms with E-state index in [2.05, 4.69) is 43.5 Å². The number of carbonyl (C=O) groups excluding carboxylic acids is 2. The molecule has 0 heterocycles. The van der Waals surface area contributed by atoms with Crippen LogP contribution in [0.4, 0.5) is 0 Å². The van der Waals surface area contributed by atoms with Crippen molar-refractivity contribution < 1.29 is 9.59 Å². The van der Waals surface area contributed by atoms with E-state index in [-0.39, 0.29) is 23.3 Å². The highest BCUT2D eigenvalue weighted by atomic mass is 16.2. The van der Waals surface area contributed by atoms with Crippen LogP contribution in [0.25, 0.3) is 0 Å². The Labute approximate surface area is 162 Å². The SMILES string of the molecule is CC(=O)NCCc1ccc(C(=O)NC(CC(C)(C)C)c2ccccc2)cc1. The summed E-state index contributed by atoms with van der Waals surface area (Å²) >= 11 is 0. The quantitative estimate of drug-likeness (QED) is 0.769. The van der Waals surface area contributed by atoms with Crippen LogP contribution < -0.4 is 10.6 Å². The van der Waals surface area contributed by atoms with Gasteiger partial charge in [0.1, 0.15) is 0 Å². The lowest BCUT2D eigenvalue weighted by atomic mass is 9.85. The van der Waals surface area contributed by atoms with Gasteiger partial charge in [0, 0.05) is 19.0 Å². The highest BCUT2D eigenvalue weighted by Crippen LogP contribution is 2.29. The molecule has 0 aliphatic heterocycles. The Balaban J connectivity index is 2.05. The second-order valence-corrected chi connectivity index (χ2v) is 8.13. The molecule has 2 aromatic rings. The fraction of sp³-hybridized carbons (Fsp3) is 0.391. The Morgan fingerprint density at radius 2 is 1.59 bits per heavy atom. The summed E-state index contributed by atoms with van der Waals surface area (Å²) in [4.78, 5) is 23.7. The minimum absolute atomic E-state index is 0.0295. The molecular formula is C23H30N2O2. The summed E-state index contributed by atoms with van der Waals surface area (Å²) in [5, 5.41) is 5.97. The number of nitrogens with one attached hydrogen (secondary N) is 2. The maximum atomic E-state index is 12.8. The fourth-order valence-corrected chi connectivity index (χ4v) is 3.00. The summed E-state index contributed by atoms with van der Waals surface area (Å²) in [6, 6.07) is 17.6. The molecule has 0 aliphatic carbocycles. The summed E-state index contributed by atoms with van der Waals surface area (Å²) < 4.78 is 0. The van der Waals surface area contributed by atoms with E-state index in [0.717, 1.165) is 24.0 Å². The Morgan fingerprint density at radius 1 is 0.963 bits per heavy atom. The Kier molecular flexibility index (Phi) is 7.17. The van der Waals surface area contributed by atoms with Crippen molar-refractivity contribution in [3.63, 3.8) is 0 Å². The summed E-state index contributed by atoms with van der Waals surface area (Å²) in [6.07, 6.45) is 1.61. The predicted octanol–water partition coefficient (Wildman–Crippen LogP) is 4.27. The highest BCUT2D eigenvalue weighted by Gasteiger charge is 2.22. The first-order chi connectivity index (χ1) is 12.7. The topological polar surface area (TPSA) is 58.2 Å². The van der Waals surface area contributed by atoms with E-state index in [1.165, 1.54) is 6.92 Å². The Hall–Kier alpha value is -2.62. The summed E-state index contributed by atoms with van der Waals surface area (Å²) in [7, 11) is 0. The van der Waals surface area contributed by atoms with E-state index in [4.69, 9.17) is 0 Å². The number of benzene rings is 2. The molecular weight excluding hydrogens is 336 g/mol. The molecule has 1 atom stereocenters. The van der Waals surface area contributed by atoms with Crippen molar-refractivity contribution in [2.45, 2.75) is 46.6 Å². The molecule has 0 fully saturated rings. The van der Waals surface area contributed by atoms with E-state index in [1.54, 1.807) is 0 Å². The third kappa shape index (κ3) is 7.26. The van der Waals surface area contributed by atoms with Gasteiger partial charge in [-0.3, -0.25) is 9.59 Å². The molecule has 0 aromatic heterocycles. The summed E-state index contributed by atoms with van der Waals surface area (Å²) in [5.74, 6) is -0.0988. The van der Waals surface area contributed by atoms with Crippen LogP contribution >= 0.6 is 0 Å². The van der Waals surface area contributed by atoms with Gasteiger partial charge in [-0.15, -0.1) is 0 Å². The normalized spacial score (nSPS) is 12.3. The largest absolute Gasteiger partial charge is 0.356 e. The first-order valence-corrected chi connectivity index (χ1v) is 9.44. The third-order valence-electron chi connectivity index (χ3n) is 4.33. The second kappa shape index (κ2) is 9.36. The molecule has 2 amide bonds. The average molecular weight is 367 g/mol. The summed E-state index contributed by atoms with van der Waals surface area (Å²) in [5.41, 5.74) is 2.96. The molecule has 2 N–H and O–H groups in total. The molecule has 144 valence electrons. The van der Waals surface area contributed by atoms with Gasteiger partial charge in [-0.2, -0.15) is 0 Å². The van der Waals surface area contributed by atoms with Crippen molar-refractivity contribution >= 4 is 11.8 Å².